The summed E-state index contributed by atoms with van der Waals surface area (Å²) in [6.07, 6.45) is 2.11. The zero-order valence-corrected chi connectivity index (χ0v) is 27.6. The van der Waals surface area contributed by atoms with Gasteiger partial charge in [0.1, 0.15) is 5.75 Å². The van der Waals surface area contributed by atoms with Gasteiger partial charge in [0.15, 0.2) is 0 Å². The lowest BCUT2D eigenvalue weighted by atomic mass is 9.51. The molecule has 2 N–H and O–H groups in total. The standard InChI is InChI=1S/C38H46F3NO3S/c1-37-23-33(36-31-15-13-30(43)22-28(31)10-14-32(36)34(37)16-17-35(37)44)27-8-4-25(5-9-27)18-20-42(2)19-3-21-46(45)24-26-6-11-29(12-7-26)38(39,40)41/h4-9,11-13,15,22,32-36,43-44H,3,10,14,16-21,23-24H2,1-2H3/t32-,33+,34-,35-,36+,37-,46?/m0/s1. The summed E-state index contributed by atoms with van der Waals surface area (Å²) in [5.41, 5.74) is 5.17. The molecule has 3 aliphatic rings. The van der Waals surface area contributed by atoms with Gasteiger partial charge in [0.05, 0.1) is 11.7 Å². The Morgan fingerprint density at radius 2 is 1.67 bits per heavy atom. The first kappa shape index (κ1) is 33.2. The minimum atomic E-state index is -4.36. The van der Waals surface area contributed by atoms with Gasteiger partial charge in [-0.25, -0.2) is 0 Å². The molecule has 2 fully saturated rings. The van der Waals surface area contributed by atoms with E-state index in [1.165, 1.54) is 34.4 Å². The highest BCUT2D eigenvalue weighted by molar-refractivity contribution is 7.84. The lowest BCUT2D eigenvalue weighted by Gasteiger charge is -2.54. The van der Waals surface area contributed by atoms with Crippen LogP contribution in [0, 0.1) is 17.3 Å². The van der Waals surface area contributed by atoms with Gasteiger partial charge >= 0.3 is 6.18 Å². The predicted octanol–water partition coefficient (Wildman–Crippen LogP) is 7.84. The Morgan fingerprint density at radius 1 is 0.957 bits per heavy atom. The minimum absolute atomic E-state index is 0.0664. The van der Waals surface area contributed by atoms with Crippen LogP contribution in [0.5, 0.6) is 5.75 Å². The summed E-state index contributed by atoms with van der Waals surface area (Å²) in [6.45, 7) is 4.00. The van der Waals surface area contributed by atoms with Gasteiger partial charge in [-0.05, 0) is 140 Å². The van der Waals surface area contributed by atoms with Crippen molar-refractivity contribution in [1.82, 2.24) is 4.90 Å². The highest BCUT2D eigenvalue weighted by Gasteiger charge is 2.57. The van der Waals surface area contributed by atoms with Gasteiger partial charge in [-0.2, -0.15) is 13.2 Å². The van der Waals surface area contributed by atoms with Crippen molar-refractivity contribution in [2.24, 2.45) is 17.3 Å². The van der Waals surface area contributed by atoms with Crippen LogP contribution in [0.3, 0.4) is 0 Å². The lowest BCUT2D eigenvalue weighted by molar-refractivity contribution is -0.137. The molecule has 0 heterocycles. The van der Waals surface area contributed by atoms with Crippen LogP contribution in [0.25, 0.3) is 0 Å². The molecule has 3 aromatic carbocycles. The second-order valence-electron chi connectivity index (χ2n) is 14.3. The number of hydrogen-bond acceptors (Lipinski definition) is 4. The molecule has 2 saturated carbocycles. The van der Waals surface area contributed by atoms with Crippen molar-refractivity contribution in [3.63, 3.8) is 0 Å². The van der Waals surface area contributed by atoms with E-state index < -0.39 is 22.5 Å². The van der Waals surface area contributed by atoms with Crippen LogP contribution >= 0.6 is 0 Å². The van der Waals surface area contributed by atoms with Crippen molar-refractivity contribution in [2.75, 3.05) is 25.9 Å². The quantitative estimate of drug-likeness (QED) is 0.234. The Labute approximate surface area is 273 Å². The number of rotatable bonds is 10. The molecule has 6 rings (SSSR count). The molecule has 3 aromatic rings. The number of alkyl halides is 3. The molecule has 248 valence electrons. The highest BCUT2D eigenvalue weighted by atomic mass is 32.2. The maximum atomic E-state index is 12.8. The third kappa shape index (κ3) is 6.95. The van der Waals surface area contributed by atoms with Crippen molar-refractivity contribution >= 4 is 10.8 Å². The molecular weight excluding hydrogens is 607 g/mol. The van der Waals surface area contributed by atoms with Gasteiger partial charge in [0.2, 0.25) is 0 Å². The van der Waals surface area contributed by atoms with Crippen LogP contribution in [0.2, 0.25) is 0 Å². The second kappa shape index (κ2) is 13.4. The smallest absolute Gasteiger partial charge is 0.416 e. The first-order valence-electron chi connectivity index (χ1n) is 16.7. The molecule has 7 atom stereocenters. The number of aliphatic hydroxyl groups excluding tert-OH is 1. The zero-order valence-electron chi connectivity index (χ0n) is 26.8. The number of aromatic hydroxyl groups is 1. The molecule has 3 aliphatic carbocycles. The summed E-state index contributed by atoms with van der Waals surface area (Å²) >= 11 is 0. The van der Waals surface area contributed by atoms with Crippen molar-refractivity contribution in [1.29, 1.82) is 0 Å². The number of likely N-dealkylation sites (N-methyl/N-ethyl adjacent to an activating group) is 1. The van der Waals surface area contributed by atoms with Crippen LogP contribution in [0.1, 0.15) is 84.2 Å². The molecule has 0 bridgehead atoms. The summed E-state index contributed by atoms with van der Waals surface area (Å²) < 4.78 is 50.9. The van der Waals surface area contributed by atoms with Crippen molar-refractivity contribution in [3.05, 3.63) is 100 Å². The summed E-state index contributed by atoms with van der Waals surface area (Å²) in [6, 6.07) is 20.0. The summed E-state index contributed by atoms with van der Waals surface area (Å²) in [7, 11) is 0.945. The number of fused-ring (bicyclic) bond motifs is 5. The number of nitrogens with zero attached hydrogens (tertiary/aromatic N) is 1. The topological polar surface area (TPSA) is 60.8 Å². The Bertz CT molecular complexity index is 1530. The molecule has 46 heavy (non-hydrogen) atoms. The van der Waals surface area contributed by atoms with Crippen molar-refractivity contribution in [3.8, 4) is 5.75 Å². The first-order valence-corrected chi connectivity index (χ1v) is 18.2. The molecule has 0 aliphatic heterocycles. The number of aliphatic hydroxyl groups is 1. The molecule has 0 saturated heterocycles. The third-order valence-corrected chi connectivity index (χ3v) is 12.8. The number of phenols is 1. The molecular formula is C38H46F3NO3S. The highest BCUT2D eigenvalue weighted by Crippen LogP contribution is 2.65. The number of aryl methyl sites for hydroxylation is 1. The van der Waals surface area contributed by atoms with Gasteiger partial charge in [0, 0.05) is 28.9 Å². The number of hydrogen-bond donors (Lipinski definition) is 2. The van der Waals surface area contributed by atoms with Gasteiger partial charge in [-0.15, -0.1) is 0 Å². The largest absolute Gasteiger partial charge is 0.508 e. The fourth-order valence-corrected chi connectivity index (χ4v) is 10.1. The average molecular weight is 654 g/mol. The van der Waals surface area contributed by atoms with E-state index in [1.807, 2.05) is 12.1 Å². The van der Waals surface area contributed by atoms with E-state index in [4.69, 9.17) is 0 Å². The second-order valence-corrected chi connectivity index (χ2v) is 15.8. The minimum Gasteiger partial charge on any atom is -0.508 e. The molecule has 4 nitrogen and oxygen atoms in total. The Morgan fingerprint density at radius 3 is 2.39 bits per heavy atom. The van der Waals surface area contributed by atoms with Crippen LogP contribution in [0.15, 0.2) is 66.7 Å². The third-order valence-electron chi connectivity index (χ3n) is 11.4. The molecule has 0 radical (unpaired) electrons. The maximum absolute atomic E-state index is 12.8. The number of halogens is 3. The van der Waals surface area contributed by atoms with E-state index in [-0.39, 0.29) is 17.3 Å². The van der Waals surface area contributed by atoms with Crippen LogP contribution in [-0.4, -0.2) is 51.3 Å². The monoisotopic (exact) mass is 653 g/mol. The van der Waals surface area contributed by atoms with Crippen LogP contribution in [0.4, 0.5) is 13.2 Å². The van der Waals surface area contributed by atoms with Crippen molar-refractivity contribution < 1.29 is 27.6 Å². The Kier molecular flexibility index (Phi) is 9.71. The van der Waals surface area contributed by atoms with E-state index in [9.17, 15) is 27.6 Å². The number of benzene rings is 3. The van der Waals surface area contributed by atoms with Crippen LogP contribution in [-0.2, 0) is 35.6 Å². The van der Waals surface area contributed by atoms with Gasteiger partial charge < -0.3 is 15.1 Å². The summed E-state index contributed by atoms with van der Waals surface area (Å²) in [5, 5.41) is 21.3. The van der Waals surface area contributed by atoms with E-state index in [1.54, 1.807) is 0 Å². The van der Waals surface area contributed by atoms with E-state index >= 15 is 0 Å². The fourth-order valence-electron chi connectivity index (χ4n) is 8.90. The summed E-state index contributed by atoms with van der Waals surface area (Å²) in [4.78, 5) is 2.24. The average Bonchev–Trinajstić information content (AvgIpc) is 3.33. The maximum Gasteiger partial charge on any atom is 0.416 e. The predicted molar refractivity (Wildman–Crippen MR) is 177 cm³/mol. The van der Waals surface area contributed by atoms with Gasteiger partial charge in [-0.1, -0.05) is 49.4 Å². The lowest BCUT2D eigenvalue weighted by Crippen LogP contribution is -2.47. The molecule has 1 unspecified atom stereocenters. The molecule has 0 spiro atoms. The van der Waals surface area contributed by atoms with Gasteiger partial charge in [-0.3, -0.25) is 4.21 Å². The van der Waals surface area contributed by atoms with E-state index in [2.05, 4.69) is 49.2 Å². The molecule has 8 heteroatoms. The molecule has 0 aromatic heterocycles. The van der Waals surface area contributed by atoms with Crippen molar-refractivity contribution in [2.45, 2.75) is 81.7 Å². The van der Waals surface area contributed by atoms with Crippen LogP contribution < -0.4 is 0 Å². The molecule has 0 amide bonds. The number of phenolic OH excluding ortho intramolecular Hbond substituents is 1. The van der Waals surface area contributed by atoms with E-state index in [0.29, 0.717) is 40.7 Å². The van der Waals surface area contributed by atoms with Gasteiger partial charge in [0.25, 0.3) is 0 Å². The SMILES string of the molecule is CN(CCCS(=O)Cc1ccc(C(F)(F)F)cc1)CCc1ccc([C@H]2C[C@]3(C)[C@@H](O)CC[C@H]3[C@@H]3CCc4cc(O)ccc4[C@H]32)cc1. The fraction of sp³-hybridized carbons (Fsp3) is 0.526. The Hall–Kier alpha value is -2.68. The normalized spacial score (nSPS) is 28.0. The Balaban J connectivity index is 1.04. The first-order chi connectivity index (χ1) is 21.9. The van der Waals surface area contributed by atoms with E-state index in [0.717, 1.165) is 70.2 Å². The zero-order chi connectivity index (χ0) is 32.6. The summed E-state index contributed by atoms with van der Waals surface area (Å²) in [5.74, 6) is 2.91.